The number of carbonyl (C=O) groups excluding carboxylic acids is 1. The second-order valence-electron chi connectivity index (χ2n) is 6.37. The Morgan fingerprint density at radius 2 is 1.92 bits per heavy atom. The Hall–Kier alpha value is -2.37. The number of ether oxygens (including phenoxy) is 1. The third-order valence-corrected chi connectivity index (χ3v) is 4.47. The number of para-hydroxylation sites is 3. The smallest absolute Gasteiger partial charge is 0.241 e. The topological polar surface area (TPSA) is 61.8 Å². The Balaban J connectivity index is 1.69. The molecule has 3 rings (SSSR count). The average molecular weight is 340 g/mol. The van der Waals surface area contributed by atoms with Crippen LogP contribution in [-0.2, 0) is 4.79 Å². The highest BCUT2D eigenvalue weighted by Gasteiger charge is 2.26. The molecule has 2 atom stereocenters. The van der Waals surface area contributed by atoms with E-state index in [0.717, 1.165) is 25.1 Å². The molecule has 2 unspecified atom stereocenters. The minimum Gasteiger partial charge on any atom is -0.455 e. The summed E-state index contributed by atoms with van der Waals surface area (Å²) in [4.78, 5) is 14.7. The molecule has 2 aromatic rings. The van der Waals surface area contributed by atoms with Crippen molar-refractivity contribution >= 4 is 11.6 Å². The number of amides is 1. The van der Waals surface area contributed by atoms with Gasteiger partial charge in [0.25, 0.3) is 0 Å². The molecule has 1 amide bonds. The molecule has 0 aromatic heterocycles. The highest BCUT2D eigenvalue weighted by Crippen LogP contribution is 2.29. The summed E-state index contributed by atoms with van der Waals surface area (Å²) in [6.45, 7) is 3.23. The first-order valence-electron chi connectivity index (χ1n) is 8.68. The van der Waals surface area contributed by atoms with E-state index < -0.39 is 0 Å². The Labute approximate surface area is 148 Å². The van der Waals surface area contributed by atoms with E-state index in [1.807, 2.05) is 66.4 Å². The van der Waals surface area contributed by atoms with Crippen molar-refractivity contribution in [2.24, 2.45) is 0 Å². The van der Waals surface area contributed by atoms with Crippen LogP contribution >= 0.6 is 0 Å². The molecule has 25 heavy (non-hydrogen) atoms. The number of aliphatic hydroxyl groups is 1. The van der Waals surface area contributed by atoms with Gasteiger partial charge < -0.3 is 15.2 Å². The number of aliphatic hydroxyl groups excluding tert-OH is 1. The highest BCUT2D eigenvalue weighted by atomic mass is 16.5. The van der Waals surface area contributed by atoms with Gasteiger partial charge in [-0.3, -0.25) is 9.69 Å². The number of piperidine rings is 1. The van der Waals surface area contributed by atoms with Gasteiger partial charge in [-0.2, -0.15) is 0 Å². The van der Waals surface area contributed by atoms with Gasteiger partial charge in [-0.1, -0.05) is 30.3 Å². The van der Waals surface area contributed by atoms with Crippen LogP contribution in [0.5, 0.6) is 11.5 Å². The van der Waals surface area contributed by atoms with Gasteiger partial charge >= 0.3 is 0 Å². The van der Waals surface area contributed by atoms with Gasteiger partial charge in [0.05, 0.1) is 17.8 Å². The molecule has 5 nitrogen and oxygen atoms in total. The quantitative estimate of drug-likeness (QED) is 0.877. The van der Waals surface area contributed by atoms with E-state index >= 15 is 0 Å². The van der Waals surface area contributed by atoms with E-state index in [0.29, 0.717) is 18.0 Å². The Kier molecular flexibility index (Phi) is 5.68. The molecule has 1 aliphatic heterocycles. The van der Waals surface area contributed by atoms with Gasteiger partial charge in [-0.05, 0) is 50.6 Å². The van der Waals surface area contributed by atoms with E-state index in [9.17, 15) is 9.90 Å². The Morgan fingerprint density at radius 3 is 2.68 bits per heavy atom. The lowest BCUT2D eigenvalue weighted by molar-refractivity contribution is -0.121. The van der Waals surface area contributed by atoms with Crippen LogP contribution in [0.25, 0.3) is 0 Å². The molecule has 132 valence electrons. The molecule has 0 spiro atoms. The van der Waals surface area contributed by atoms with E-state index in [4.69, 9.17) is 4.74 Å². The van der Waals surface area contributed by atoms with E-state index in [2.05, 4.69) is 5.32 Å². The number of nitrogens with one attached hydrogen (secondary N) is 1. The summed E-state index contributed by atoms with van der Waals surface area (Å²) < 4.78 is 5.88. The molecule has 0 radical (unpaired) electrons. The molecular weight excluding hydrogens is 316 g/mol. The summed E-state index contributed by atoms with van der Waals surface area (Å²) in [6, 6.07) is 16.6. The molecule has 1 aliphatic rings. The van der Waals surface area contributed by atoms with Gasteiger partial charge in [0.2, 0.25) is 5.91 Å². The van der Waals surface area contributed by atoms with Gasteiger partial charge in [-0.15, -0.1) is 0 Å². The largest absolute Gasteiger partial charge is 0.455 e. The first kappa shape index (κ1) is 17.5. The lowest BCUT2D eigenvalue weighted by atomic mass is 10.1. The normalized spacial score (nSPS) is 19.2. The summed E-state index contributed by atoms with van der Waals surface area (Å²) in [7, 11) is 0. The molecule has 5 heteroatoms. The van der Waals surface area contributed by atoms with Crippen molar-refractivity contribution in [3.8, 4) is 11.5 Å². The van der Waals surface area contributed by atoms with Gasteiger partial charge in [0, 0.05) is 6.54 Å². The minimum atomic E-state index is -0.349. The molecule has 2 aromatic carbocycles. The van der Waals surface area contributed by atoms with Crippen LogP contribution in [0.1, 0.15) is 19.8 Å². The Morgan fingerprint density at radius 1 is 1.20 bits per heavy atom. The number of nitrogens with zero attached hydrogens (tertiary/aromatic N) is 1. The number of hydrogen-bond donors (Lipinski definition) is 2. The van der Waals surface area contributed by atoms with Crippen molar-refractivity contribution < 1.29 is 14.6 Å². The number of rotatable bonds is 5. The maximum Gasteiger partial charge on any atom is 0.241 e. The number of likely N-dealkylation sites (tertiary alicyclic amines) is 1. The van der Waals surface area contributed by atoms with Gasteiger partial charge in [0.15, 0.2) is 5.75 Å². The predicted molar refractivity (Wildman–Crippen MR) is 97.9 cm³/mol. The number of benzene rings is 2. The SMILES string of the molecule is CC(C(=O)Nc1ccccc1Oc1ccccc1)N1CCCC(O)C1. The van der Waals surface area contributed by atoms with Crippen molar-refractivity contribution in [3.05, 3.63) is 54.6 Å². The van der Waals surface area contributed by atoms with Crippen molar-refractivity contribution in [2.75, 3.05) is 18.4 Å². The summed E-state index contributed by atoms with van der Waals surface area (Å²) >= 11 is 0. The number of carbonyl (C=O) groups is 1. The summed E-state index contributed by atoms with van der Waals surface area (Å²) in [6.07, 6.45) is 1.36. The van der Waals surface area contributed by atoms with E-state index in [1.54, 1.807) is 0 Å². The number of β-amino-alcohol motifs (C(OH)–C–C–N with tert-alkyl or cyclic N) is 1. The van der Waals surface area contributed by atoms with Crippen LogP contribution in [-0.4, -0.2) is 41.1 Å². The van der Waals surface area contributed by atoms with Crippen molar-refractivity contribution in [1.29, 1.82) is 0 Å². The van der Waals surface area contributed by atoms with Crippen LogP contribution in [0.4, 0.5) is 5.69 Å². The minimum absolute atomic E-state index is 0.0989. The average Bonchev–Trinajstić information content (AvgIpc) is 2.63. The van der Waals surface area contributed by atoms with Crippen molar-refractivity contribution in [1.82, 2.24) is 4.90 Å². The van der Waals surface area contributed by atoms with Crippen LogP contribution in [0.15, 0.2) is 54.6 Å². The molecular formula is C20H24N2O3. The summed E-state index contributed by atoms with van der Waals surface area (Å²) in [5.41, 5.74) is 0.640. The van der Waals surface area contributed by atoms with E-state index in [-0.39, 0.29) is 18.1 Å². The van der Waals surface area contributed by atoms with Crippen LogP contribution < -0.4 is 10.1 Å². The van der Waals surface area contributed by atoms with E-state index in [1.165, 1.54) is 0 Å². The standard InChI is InChI=1S/C20H24N2O3/c1-15(22-13-7-8-16(23)14-22)20(24)21-18-11-5-6-12-19(18)25-17-9-3-2-4-10-17/h2-6,9-12,15-16,23H,7-8,13-14H2,1H3,(H,21,24). The summed E-state index contributed by atoms with van der Waals surface area (Å²) in [5, 5.41) is 12.8. The fraction of sp³-hybridized carbons (Fsp3) is 0.350. The third-order valence-electron chi connectivity index (χ3n) is 4.47. The monoisotopic (exact) mass is 340 g/mol. The molecule has 2 N–H and O–H groups in total. The zero-order chi connectivity index (χ0) is 17.6. The second-order valence-corrected chi connectivity index (χ2v) is 6.37. The maximum atomic E-state index is 12.6. The second kappa shape index (κ2) is 8.14. The molecule has 1 fully saturated rings. The van der Waals surface area contributed by atoms with Crippen LogP contribution in [0.3, 0.4) is 0 Å². The lowest BCUT2D eigenvalue weighted by Gasteiger charge is -2.34. The zero-order valence-corrected chi connectivity index (χ0v) is 14.4. The number of anilines is 1. The van der Waals surface area contributed by atoms with Crippen LogP contribution in [0.2, 0.25) is 0 Å². The highest BCUT2D eigenvalue weighted by molar-refractivity contribution is 5.95. The first-order valence-corrected chi connectivity index (χ1v) is 8.68. The third kappa shape index (κ3) is 4.59. The lowest BCUT2D eigenvalue weighted by Crippen LogP contribution is -2.48. The van der Waals surface area contributed by atoms with Crippen molar-refractivity contribution in [3.63, 3.8) is 0 Å². The van der Waals surface area contributed by atoms with Crippen LogP contribution in [0, 0.1) is 0 Å². The van der Waals surface area contributed by atoms with Crippen molar-refractivity contribution in [2.45, 2.75) is 31.9 Å². The fourth-order valence-electron chi connectivity index (χ4n) is 3.01. The first-order chi connectivity index (χ1) is 12.1. The van der Waals surface area contributed by atoms with Gasteiger partial charge in [0.1, 0.15) is 5.75 Å². The molecule has 1 saturated heterocycles. The molecule has 0 aliphatic carbocycles. The van der Waals surface area contributed by atoms with Gasteiger partial charge in [-0.25, -0.2) is 0 Å². The summed E-state index contributed by atoms with van der Waals surface area (Å²) in [5.74, 6) is 1.22. The number of hydrogen-bond acceptors (Lipinski definition) is 4. The fourth-order valence-corrected chi connectivity index (χ4v) is 3.01. The molecule has 0 saturated carbocycles. The Bertz CT molecular complexity index is 705. The predicted octanol–water partition coefficient (Wildman–Crippen LogP) is 3.26. The maximum absolute atomic E-state index is 12.6. The molecule has 0 bridgehead atoms. The molecule has 1 heterocycles. The zero-order valence-electron chi connectivity index (χ0n) is 14.4.